The van der Waals surface area contributed by atoms with Crippen LogP contribution < -0.4 is 0 Å². The largest absolute Gasteiger partial charge is 0.390 e. The van der Waals surface area contributed by atoms with Crippen molar-refractivity contribution >= 4 is 0 Å². The molecule has 1 fully saturated rings. The van der Waals surface area contributed by atoms with Gasteiger partial charge in [0.05, 0.1) is 12.2 Å². The van der Waals surface area contributed by atoms with Crippen LogP contribution in [0, 0.1) is 5.92 Å². The molecule has 1 heterocycles. The summed E-state index contributed by atoms with van der Waals surface area (Å²) in [6, 6.07) is 20.5. The average molecular weight is 294 g/mol. The number of hydrogen-bond donors (Lipinski definition) is 1. The molecular weight excluding hydrogens is 272 g/mol. The zero-order valence-electron chi connectivity index (χ0n) is 12.8. The van der Waals surface area contributed by atoms with E-state index in [-0.39, 0.29) is 24.0 Å². The number of aliphatic hydroxyl groups is 1. The zero-order chi connectivity index (χ0) is 15.5. The third kappa shape index (κ3) is 2.72. The van der Waals surface area contributed by atoms with Crippen LogP contribution in [0.1, 0.15) is 30.1 Å². The molecule has 5 atom stereocenters. The topological polar surface area (TPSA) is 29.5 Å². The predicted molar refractivity (Wildman–Crippen MR) is 88.6 cm³/mol. The highest BCUT2D eigenvalue weighted by Crippen LogP contribution is 2.46. The van der Waals surface area contributed by atoms with E-state index in [0.29, 0.717) is 0 Å². The number of benzene rings is 2. The van der Waals surface area contributed by atoms with Gasteiger partial charge in [-0.05, 0) is 17.0 Å². The van der Waals surface area contributed by atoms with E-state index in [1.165, 1.54) is 5.56 Å². The van der Waals surface area contributed by atoms with E-state index in [4.69, 9.17) is 4.74 Å². The molecule has 2 heteroatoms. The molecule has 0 bridgehead atoms. The molecule has 2 aromatic rings. The van der Waals surface area contributed by atoms with Crippen LogP contribution in [0.15, 0.2) is 73.3 Å². The maximum Gasteiger partial charge on any atom is 0.102 e. The Morgan fingerprint density at radius 2 is 1.64 bits per heavy atom. The third-order valence-electron chi connectivity index (χ3n) is 4.65. The Bertz CT molecular complexity index is 608. The van der Waals surface area contributed by atoms with Gasteiger partial charge in [0.15, 0.2) is 0 Å². The van der Waals surface area contributed by atoms with Crippen molar-refractivity contribution in [3.63, 3.8) is 0 Å². The van der Waals surface area contributed by atoms with Gasteiger partial charge in [-0.15, -0.1) is 6.58 Å². The lowest BCUT2D eigenvalue weighted by molar-refractivity contribution is 0.0388. The number of rotatable bonds is 4. The van der Waals surface area contributed by atoms with Gasteiger partial charge in [-0.3, -0.25) is 0 Å². The molecule has 1 N–H and O–H groups in total. The van der Waals surface area contributed by atoms with Gasteiger partial charge in [0, 0.05) is 5.92 Å². The molecular formula is C20H22O2. The second-order valence-corrected chi connectivity index (χ2v) is 5.93. The highest BCUT2D eigenvalue weighted by atomic mass is 16.5. The van der Waals surface area contributed by atoms with Gasteiger partial charge in [0.2, 0.25) is 0 Å². The van der Waals surface area contributed by atoms with Crippen molar-refractivity contribution in [1.29, 1.82) is 0 Å². The summed E-state index contributed by atoms with van der Waals surface area (Å²) < 4.78 is 6.10. The highest BCUT2D eigenvalue weighted by Gasteiger charge is 2.45. The van der Waals surface area contributed by atoms with Crippen molar-refractivity contribution in [2.24, 2.45) is 5.92 Å². The molecule has 0 aliphatic carbocycles. The van der Waals surface area contributed by atoms with Crippen molar-refractivity contribution < 1.29 is 9.84 Å². The van der Waals surface area contributed by atoms with E-state index in [2.05, 4.69) is 37.8 Å². The minimum Gasteiger partial charge on any atom is -0.390 e. The number of hydrogen-bond acceptors (Lipinski definition) is 2. The first kappa shape index (κ1) is 15.0. The second kappa shape index (κ2) is 6.47. The van der Waals surface area contributed by atoms with Crippen LogP contribution in [0.4, 0.5) is 0 Å². The summed E-state index contributed by atoms with van der Waals surface area (Å²) in [7, 11) is 0. The molecule has 3 rings (SSSR count). The molecule has 0 saturated carbocycles. The van der Waals surface area contributed by atoms with Crippen LogP contribution in [-0.4, -0.2) is 17.3 Å². The molecule has 1 aliphatic rings. The fraction of sp³-hybridized carbons (Fsp3) is 0.300. The maximum atomic E-state index is 10.7. The number of ether oxygens (including phenoxy) is 1. The Morgan fingerprint density at radius 1 is 1.05 bits per heavy atom. The normalized spacial score (nSPS) is 29.2. The van der Waals surface area contributed by atoms with E-state index < -0.39 is 6.10 Å². The van der Waals surface area contributed by atoms with Crippen LogP contribution in [0.25, 0.3) is 0 Å². The van der Waals surface area contributed by atoms with Crippen LogP contribution >= 0.6 is 0 Å². The molecule has 0 amide bonds. The molecule has 0 spiro atoms. The van der Waals surface area contributed by atoms with Crippen LogP contribution in [-0.2, 0) is 4.74 Å². The minimum atomic E-state index is -0.544. The maximum absolute atomic E-state index is 10.7. The van der Waals surface area contributed by atoms with E-state index in [1.54, 1.807) is 6.08 Å². The van der Waals surface area contributed by atoms with Gasteiger partial charge in [0.1, 0.15) is 6.10 Å². The lowest BCUT2D eigenvalue weighted by Gasteiger charge is -2.27. The minimum absolute atomic E-state index is 0.00722. The fourth-order valence-electron chi connectivity index (χ4n) is 3.41. The Morgan fingerprint density at radius 3 is 2.23 bits per heavy atom. The molecule has 1 saturated heterocycles. The standard InChI is InChI=1S/C20H22O2/c1-3-17-19(21)18(14(2)15-10-6-4-7-11-15)20(22-17)16-12-8-5-9-13-16/h3-14,17-21H,1H2,2H3/t14-,17+,18-,19+,20+/m1/s1. The van der Waals surface area contributed by atoms with E-state index in [0.717, 1.165) is 5.56 Å². The smallest absolute Gasteiger partial charge is 0.102 e. The molecule has 22 heavy (non-hydrogen) atoms. The summed E-state index contributed by atoms with van der Waals surface area (Å²) >= 11 is 0. The van der Waals surface area contributed by atoms with Crippen molar-refractivity contribution in [2.75, 3.05) is 0 Å². The van der Waals surface area contributed by atoms with Crippen LogP contribution in [0.2, 0.25) is 0 Å². The Hall–Kier alpha value is -1.90. The molecule has 0 unspecified atom stereocenters. The van der Waals surface area contributed by atoms with Crippen LogP contribution in [0.3, 0.4) is 0 Å². The Balaban J connectivity index is 1.96. The summed E-state index contributed by atoms with van der Waals surface area (Å²) in [5.41, 5.74) is 2.33. The fourth-order valence-corrected chi connectivity index (χ4v) is 3.41. The van der Waals surface area contributed by atoms with Gasteiger partial charge in [-0.2, -0.15) is 0 Å². The van der Waals surface area contributed by atoms with Crippen molar-refractivity contribution in [3.05, 3.63) is 84.4 Å². The molecule has 114 valence electrons. The summed E-state index contributed by atoms with van der Waals surface area (Å²) in [6.45, 7) is 5.96. The first-order chi connectivity index (χ1) is 10.7. The quantitative estimate of drug-likeness (QED) is 0.861. The summed E-state index contributed by atoms with van der Waals surface area (Å²) in [4.78, 5) is 0. The SMILES string of the molecule is C=C[C@@H]1O[C@@H](c2ccccc2)[C@H]([C@H](C)c2ccccc2)[C@H]1O. The Labute approximate surface area is 132 Å². The van der Waals surface area contributed by atoms with E-state index in [1.807, 2.05) is 36.4 Å². The summed E-state index contributed by atoms with van der Waals surface area (Å²) in [5, 5.41) is 10.7. The van der Waals surface area contributed by atoms with Gasteiger partial charge >= 0.3 is 0 Å². The molecule has 2 aromatic carbocycles. The molecule has 2 nitrogen and oxygen atoms in total. The summed E-state index contributed by atoms with van der Waals surface area (Å²) in [6.07, 6.45) is 0.729. The van der Waals surface area contributed by atoms with Crippen LogP contribution in [0.5, 0.6) is 0 Å². The van der Waals surface area contributed by atoms with Gasteiger partial charge in [-0.1, -0.05) is 73.7 Å². The van der Waals surface area contributed by atoms with Gasteiger partial charge in [0.25, 0.3) is 0 Å². The Kier molecular flexibility index (Phi) is 4.41. The van der Waals surface area contributed by atoms with Crippen molar-refractivity contribution in [1.82, 2.24) is 0 Å². The second-order valence-electron chi connectivity index (χ2n) is 5.93. The zero-order valence-corrected chi connectivity index (χ0v) is 12.8. The molecule has 0 radical (unpaired) electrons. The molecule has 1 aliphatic heterocycles. The lowest BCUT2D eigenvalue weighted by Crippen LogP contribution is -2.28. The third-order valence-corrected chi connectivity index (χ3v) is 4.65. The first-order valence-corrected chi connectivity index (χ1v) is 7.78. The van der Waals surface area contributed by atoms with Crippen molar-refractivity contribution in [3.8, 4) is 0 Å². The highest BCUT2D eigenvalue weighted by molar-refractivity contribution is 5.26. The van der Waals surface area contributed by atoms with Gasteiger partial charge < -0.3 is 9.84 Å². The van der Waals surface area contributed by atoms with E-state index in [9.17, 15) is 5.11 Å². The number of aliphatic hydroxyl groups excluding tert-OH is 1. The first-order valence-electron chi connectivity index (χ1n) is 7.78. The van der Waals surface area contributed by atoms with E-state index >= 15 is 0 Å². The molecule has 0 aromatic heterocycles. The van der Waals surface area contributed by atoms with Crippen molar-refractivity contribution in [2.45, 2.75) is 31.2 Å². The summed E-state index contributed by atoms with van der Waals surface area (Å²) in [5.74, 6) is 0.208. The lowest BCUT2D eigenvalue weighted by atomic mass is 9.78. The predicted octanol–water partition coefficient (Wildman–Crippen LogP) is 4.09. The average Bonchev–Trinajstić information content (AvgIpc) is 2.92. The monoisotopic (exact) mass is 294 g/mol. The van der Waals surface area contributed by atoms with Gasteiger partial charge in [-0.25, -0.2) is 0 Å².